The standard InChI is InChI=1S/C9H15NO2/c1-8(11)6-9(12)7-10-4-2-3-5-10/h6,12H,2-5,7H2,1H3/b9-6-. The Morgan fingerprint density at radius 1 is 1.50 bits per heavy atom. The van der Waals surface area contributed by atoms with Gasteiger partial charge in [-0.3, -0.25) is 9.69 Å². The second-order valence-corrected chi connectivity index (χ2v) is 3.23. The Bertz CT molecular complexity index is 193. The molecule has 0 aliphatic carbocycles. The molecule has 0 spiro atoms. The van der Waals surface area contributed by atoms with Gasteiger partial charge >= 0.3 is 0 Å². The van der Waals surface area contributed by atoms with Crippen molar-refractivity contribution in [2.45, 2.75) is 19.8 Å². The number of hydrogen-bond acceptors (Lipinski definition) is 3. The van der Waals surface area contributed by atoms with E-state index >= 15 is 0 Å². The Hall–Kier alpha value is -0.830. The van der Waals surface area contributed by atoms with Crippen LogP contribution in [0, 0.1) is 0 Å². The van der Waals surface area contributed by atoms with Gasteiger partial charge in [-0.15, -0.1) is 0 Å². The van der Waals surface area contributed by atoms with Crippen LogP contribution in [0.25, 0.3) is 0 Å². The van der Waals surface area contributed by atoms with E-state index in [2.05, 4.69) is 4.90 Å². The number of ketones is 1. The Morgan fingerprint density at radius 3 is 2.58 bits per heavy atom. The van der Waals surface area contributed by atoms with Crippen LogP contribution in [0.4, 0.5) is 0 Å². The smallest absolute Gasteiger partial charge is 0.155 e. The molecule has 1 heterocycles. The van der Waals surface area contributed by atoms with E-state index in [4.69, 9.17) is 0 Å². The van der Waals surface area contributed by atoms with Crippen molar-refractivity contribution in [3.05, 3.63) is 11.8 Å². The van der Waals surface area contributed by atoms with Crippen LogP contribution in [-0.2, 0) is 4.79 Å². The van der Waals surface area contributed by atoms with Gasteiger partial charge in [0.2, 0.25) is 0 Å². The van der Waals surface area contributed by atoms with Crippen LogP contribution in [0.5, 0.6) is 0 Å². The minimum absolute atomic E-state index is 0.0910. The first-order valence-corrected chi connectivity index (χ1v) is 4.31. The molecule has 1 aliphatic heterocycles. The molecule has 1 saturated heterocycles. The molecule has 0 aromatic carbocycles. The van der Waals surface area contributed by atoms with E-state index in [1.807, 2.05) is 0 Å². The first kappa shape index (κ1) is 9.26. The van der Waals surface area contributed by atoms with Crippen molar-refractivity contribution in [3.8, 4) is 0 Å². The quantitative estimate of drug-likeness (QED) is 0.508. The summed E-state index contributed by atoms with van der Waals surface area (Å²) >= 11 is 0. The maximum absolute atomic E-state index is 10.6. The highest BCUT2D eigenvalue weighted by Gasteiger charge is 2.12. The highest BCUT2D eigenvalue weighted by Crippen LogP contribution is 2.08. The molecule has 1 rings (SSSR count). The van der Waals surface area contributed by atoms with E-state index < -0.39 is 0 Å². The molecule has 1 N–H and O–H groups in total. The van der Waals surface area contributed by atoms with E-state index in [9.17, 15) is 9.90 Å². The second kappa shape index (κ2) is 4.26. The van der Waals surface area contributed by atoms with E-state index in [1.54, 1.807) is 0 Å². The van der Waals surface area contributed by atoms with Crippen LogP contribution in [0.2, 0.25) is 0 Å². The summed E-state index contributed by atoms with van der Waals surface area (Å²) in [6.07, 6.45) is 3.69. The number of rotatable bonds is 3. The molecular formula is C9H15NO2. The van der Waals surface area contributed by atoms with Crippen molar-refractivity contribution in [3.63, 3.8) is 0 Å². The summed E-state index contributed by atoms with van der Waals surface area (Å²) in [5.41, 5.74) is 0. The van der Waals surface area contributed by atoms with Crippen molar-refractivity contribution >= 4 is 5.78 Å². The fourth-order valence-electron chi connectivity index (χ4n) is 1.45. The lowest BCUT2D eigenvalue weighted by molar-refractivity contribution is -0.112. The first-order chi connectivity index (χ1) is 5.68. The van der Waals surface area contributed by atoms with E-state index in [0.717, 1.165) is 13.1 Å². The molecule has 0 atom stereocenters. The molecule has 68 valence electrons. The van der Waals surface area contributed by atoms with Gasteiger partial charge in [-0.25, -0.2) is 0 Å². The fourth-order valence-corrected chi connectivity index (χ4v) is 1.45. The van der Waals surface area contributed by atoms with Crippen LogP contribution in [0.3, 0.4) is 0 Å². The van der Waals surface area contributed by atoms with E-state index in [1.165, 1.54) is 25.8 Å². The van der Waals surface area contributed by atoms with Gasteiger partial charge < -0.3 is 5.11 Å². The third-order valence-corrected chi connectivity index (χ3v) is 1.95. The number of carbonyl (C=O) groups is 1. The summed E-state index contributed by atoms with van der Waals surface area (Å²) in [6, 6.07) is 0. The van der Waals surface area contributed by atoms with Gasteiger partial charge in [-0.05, 0) is 32.9 Å². The zero-order valence-electron chi connectivity index (χ0n) is 7.42. The van der Waals surface area contributed by atoms with Crippen LogP contribution < -0.4 is 0 Å². The third-order valence-electron chi connectivity index (χ3n) is 1.95. The summed E-state index contributed by atoms with van der Waals surface area (Å²) in [5.74, 6) is 0.0936. The van der Waals surface area contributed by atoms with Gasteiger partial charge in [0.1, 0.15) is 5.76 Å². The van der Waals surface area contributed by atoms with Gasteiger partial charge in [0.25, 0.3) is 0 Å². The molecule has 0 aromatic rings. The number of aliphatic hydroxyl groups excluding tert-OH is 1. The average molecular weight is 169 g/mol. The monoisotopic (exact) mass is 169 g/mol. The lowest BCUT2D eigenvalue weighted by Crippen LogP contribution is -2.22. The maximum Gasteiger partial charge on any atom is 0.155 e. The van der Waals surface area contributed by atoms with Gasteiger partial charge in [0, 0.05) is 6.08 Å². The van der Waals surface area contributed by atoms with Crippen molar-refractivity contribution in [2.75, 3.05) is 19.6 Å². The summed E-state index contributed by atoms with van der Waals surface area (Å²) in [5, 5.41) is 9.28. The number of likely N-dealkylation sites (tertiary alicyclic amines) is 1. The van der Waals surface area contributed by atoms with Crippen molar-refractivity contribution < 1.29 is 9.90 Å². The number of carbonyl (C=O) groups excluding carboxylic acids is 1. The summed E-state index contributed by atoms with van der Waals surface area (Å²) in [6.45, 7) is 4.05. The zero-order valence-corrected chi connectivity index (χ0v) is 7.42. The lowest BCUT2D eigenvalue weighted by atomic mass is 10.3. The van der Waals surface area contributed by atoms with Crippen LogP contribution in [0.15, 0.2) is 11.8 Å². The van der Waals surface area contributed by atoms with Gasteiger partial charge in [0.05, 0.1) is 6.54 Å². The second-order valence-electron chi connectivity index (χ2n) is 3.23. The lowest BCUT2D eigenvalue weighted by Gasteiger charge is -2.12. The third kappa shape index (κ3) is 3.05. The van der Waals surface area contributed by atoms with Crippen molar-refractivity contribution in [1.82, 2.24) is 4.90 Å². The summed E-state index contributed by atoms with van der Waals surface area (Å²) in [7, 11) is 0. The molecule has 0 amide bonds. The average Bonchev–Trinajstić information content (AvgIpc) is 2.37. The molecule has 0 radical (unpaired) electrons. The number of hydrogen-bond donors (Lipinski definition) is 1. The largest absolute Gasteiger partial charge is 0.511 e. The van der Waals surface area contributed by atoms with Gasteiger partial charge in [-0.2, -0.15) is 0 Å². The highest BCUT2D eigenvalue weighted by molar-refractivity contribution is 5.87. The number of allylic oxidation sites excluding steroid dienone is 1. The molecule has 0 saturated carbocycles. The van der Waals surface area contributed by atoms with Crippen LogP contribution in [0.1, 0.15) is 19.8 Å². The molecular weight excluding hydrogens is 154 g/mol. The molecule has 0 bridgehead atoms. The predicted molar refractivity (Wildman–Crippen MR) is 47.1 cm³/mol. The topological polar surface area (TPSA) is 40.5 Å². The summed E-state index contributed by atoms with van der Waals surface area (Å²) in [4.78, 5) is 12.7. The maximum atomic E-state index is 10.6. The van der Waals surface area contributed by atoms with Crippen molar-refractivity contribution in [2.24, 2.45) is 0 Å². The minimum Gasteiger partial charge on any atom is -0.511 e. The SMILES string of the molecule is CC(=O)/C=C(\O)CN1CCCC1. The zero-order chi connectivity index (χ0) is 8.97. The molecule has 3 heteroatoms. The molecule has 1 fully saturated rings. The molecule has 12 heavy (non-hydrogen) atoms. The van der Waals surface area contributed by atoms with Gasteiger partial charge in [0.15, 0.2) is 5.78 Å². The molecule has 1 aliphatic rings. The van der Waals surface area contributed by atoms with Crippen molar-refractivity contribution in [1.29, 1.82) is 0 Å². The normalized spacial score (nSPS) is 19.9. The Labute approximate surface area is 72.7 Å². The molecule has 3 nitrogen and oxygen atoms in total. The van der Waals surface area contributed by atoms with Crippen LogP contribution in [-0.4, -0.2) is 35.4 Å². The molecule has 0 aromatic heterocycles. The van der Waals surface area contributed by atoms with E-state index in [-0.39, 0.29) is 11.5 Å². The Kier molecular flexibility index (Phi) is 3.29. The van der Waals surface area contributed by atoms with E-state index in [0.29, 0.717) is 6.54 Å². The number of aliphatic hydroxyl groups is 1. The highest BCUT2D eigenvalue weighted by atomic mass is 16.3. The number of nitrogens with zero attached hydrogens (tertiary/aromatic N) is 1. The van der Waals surface area contributed by atoms with Crippen LogP contribution >= 0.6 is 0 Å². The Balaban J connectivity index is 2.34. The first-order valence-electron chi connectivity index (χ1n) is 4.31. The molecule has 0 unspecified atom stereocenters. The fraction of sp³-hybridized carbons (Fsp3) is 0.667. The Morgan fingerprint density at radius 2 is 2.08 bits per heavy atom. The van der Waals surface area contributed by atoms with Gasteiger partial charge in [-0.1, -0.05) is 0 Å². The summed E-state index contributed by atoms with van der Waals surface area (Å²) < 4.78 is 0. The predicted octanol–water partition coefficient (Wildman–Crippen LogP) is 1.11. The minimum atomic E-state index is -0.0910.